The Kier molecular flexibility index (Phi) is 6.11. The lowest BCUT2D eigenvalue weighted by Gasteiger charge is -2.34. The Morgan fingerprint density at radius 3 is 2.17 bits per heavy atom. The van der Waals surface area contributed by atoms with Crippen molar-refractivity contribution in [3.05, 3.63) is 0 Å². The highest BCUT2D eigenvalue weighted by molar-refractivity contribution is 5.06. The minimum absolute atomic E-state index is 0.353. The van der Waals surface area contributed by atoms with Crippen molar-refractivity contribution >= 4 is 0 Å². The summed E-state index contributed by atoms with van der Waals surface area (Å²) in [6.07, 6.45) is 6.25. The average molecular weight is 251 g/mol. The zero-order valence-electron chi connectivity index (χ0n) is 12.5. The lowest BCUT2D eigenvalue weighted by Crippen LogP contribution is -2.49. The molecule has 3 nitrogen and oxygen atoms in total. The largest absolute Gasteiger partial charge is 0.301 e. The highest BCUT2D eigenvalue weighted by Crippen LogP contribution is 2.20. The minimum Gasteiger partial charge on any atom is -0.301 e. The fraction of sp³-hybridized carbons (Fsp3) is 0.933. The van der Waals surface area contributed by atoms with Crippen LogP contribution in [0.1, 0.15) is 59.8 Å². The Balaban J connectivity index is 2.55. The smallest absolute Gasteiger partial charge is 0.105 e. The van der Waals surface area contributed by atoms with Gasteiger partial charge in [0, 0.05) is 12.1 Å². The van der Waals surface area contributed by atoms with Crippen LogP contribution in [0.3, 0.4) is 0 Å². The number of rotatable bonds is 5. The molecule has 0 radical (unpaired) electrons. The summed E-state index contributed by atoms with van der Waals surface area (Å²) in [4.78, 5) is 2.56. The average Bonchev–Trinajstić information content (AvgIpc) is 2.56. The van der Waals surface area contributed by atoms with Crippen LogP contribution in [-0.2, 0) is 0 Å². The van der Waals surface area contributed by atoms with Gasteiger partial charge in [-0.25, -0.2) is 0 Å². The zero-order chi connectivity index (χ0) is 13.6. The normalized spacial score (nSPS) is 23.1. The molecule has 2 atom stereocenters. The third kappa shape index (κ3) is 4.96. The molecule has 0 spiro atoms. The third-order valence-corrected chi connectivity index (χ3v) is 3.82. The van der Waals surface area contributed by atoms with Gasteiger partial charge in [-0.1, -0.05) is 12.8 Å². The van der Waals surface area contributed by atoms with E-state index in [0.717, 1.165) is 6.42 Å². The highest BCUT2D eigenvalue weighted by Gasteiger charge is 2.29. The Bertz CT molecular complexity index is 274. The summed E-state index contributed by atoms with van der Waals surface area (Å²) in [5.41, 5.74) is -0.403. The summed E-state index contributed by atoms with van der Waals surface area (Å²) in [5.74, 6) is 0. The molecule has 0 saturated carbocycles. The first-order valence-corrected chi connectivity index (χ1v) is 7.40. The van der Waals surface area contributed by atoms with Gasteiger partial charge in [-0.2, -0.15) is 5.26 Å². The molecule has 0 aromatic carbocycles. The van der Waals surface area contributed by atoms with E-state index in [9.17, 15) is 5.26 Å². The third-order valence-electron chi connectivity index (χ3n) is 3.82. The van der Waals surface area contributed by atoms with Crippen molar-refractivity contribution < 1.29 is 0 Å². The van der Waals surface area contributed by atoms with Crippen LogP contribution in [0.4, 0.5) is 0 Å². The van der Waals surface area contributed by atoms with E-state index >= 15 is 0 Å². The van der Waals surface area contributed by atoms with Crippen LogP contribution in [0.2, 0.25) is 0 Å². The molecule has 1 rings (SSSR count). The van der Waals surface area contributed by atoms with Crippen LogP contribution in [-0.4, -0.2) is 35.6 Å². The van der Waals surface area contributed by atoms with Crippen molar-refractivity contribution in [2.24, 2.45) is 0 Å². The van der Waals surface area contributed by atoms with Crippen LogP contribution in [0.25, 0.3) is 0 Å². The van der Waals surface area contributed by atoms with Crippen LogP contribution in [0.5, 0.6) is 0 Å². The summed E-state index contributed by atoms with van der Waals surface area (Å²) < 4.78 is 0. The predicted molar refractivity (Wildman–Crippen MR) is 76.4 cm³/mol. The van der Waals surface area contributed by atoms with Gasteiger partial charge < -0.3 is 4.90 Å². The molecule has 0 aromatic rings. The molecule has 1 N–H and O–H groups in total. The molecule has 1 saturated heterocycles. The van der Waals surface area contributed by atoms with E-state index in [1.165, 1.54) is 38.8 Å². The van der Waals surface area contributed by atoms with Gasteiger partial charge in [-0.05, 0) is 60.0 Å². The van der Waals surface area contributed by atoms with Gasteiger partial charge in [0.15, 0.2) is 0 Å². The van der Waals surface area contributed by atoms with E-state index in [1.54, 1.807) is 0 Å². The molecule has 0 aliphatic carbocycles. The number of nitriles is 1. The second-order valence-electron chi connectivity index (χ2n) is 6.25. The summed E-state index contributed by atoms with van der Waals surface area (Å²) in [6, 6.07) is 3.30. The predicted octanol–water partition coefficient (Wildman–Crippen LogP) is 2.92. The Morgan fingerprint density at radius 2 is 1.72 bits per heavy atom. The van der Waals surface area contributed by atoms with Crippen molar-refractivity contribution in [3.63, 3.8) is 0 Å². The molecule has 2 unspecified atom stereocenters. The molecule has 1 heterocycles. The first-order valence-electron chi connectivity index (χ1n) is 7.40. The van der Waals surface area contributed by atoms with Gasteiger partial charge in [-0.3, -0.25) is 5.32 Å². The van der Waals surface area contributed by atoms with Gasteiger partial charge in [0.05, 0.1) is 6.07 Å². The van der Waals surface area contributed by atoms with Crippen molar-refractivity contribution in [2.45, 2.75) is 77.4 Å². The van der Waals surface area contributed by atoms with Crippen molar-refractivity contribution in [1.82, 2.24) is 10.2 Å². The standard InChI is InChI=1S/C15H29N3/c1-13(2)17-15(4,12-16)11-14(3)18-9-7-5-6-8-10-18/h13-14,17H,5-11H2,1-4H3. The fourth-order valence-corrected chi connectivity index (χ4v) is 3.03. The summed E-state index contributed by atoms with van der Waals surface area (Å²) >= 11 is 0. The first-order chi connectivity index (χ1) is 8.47. The van der Waals surface area contributed by atoms with E-state index in [1.807, 2.05) is 6.92 Å². The summed E-state index contributed by atoms with van der Waals surface area (Å²) in [7, 11) is 0. The fourth-order valence-electron chi connectivity index (χ4n) is 3.03. The highest BCUT2D eigenvalue weighted by atomic mass is 15.2. The molecule has 1 aliphatic heterocycles. The SMILES string of the molecule is CC(C)NC(C)(C#N)CC(C)N1CCCCCC1. The molecular weight excluding hydrogens is 222 g/mol. The number of hydrogen-bond acceptors (Lipinski definition) is 3. The molecule has 0 bridgehead atoms. The maximum Gasteiger partial charge on any atom is 0.105 e. The number of likely N-dealkylation sites (tertiary alicyclic amines) is 1. The van der Waals surface area contributed by atoms with E-state index < -0.39 is 5.54 Å². The van der Waals surface area contributed by atoms with Gasteiger partial charge in [0.1, 0.15) is 5.54 Å². The summed E-state index contributed by atoms with van der Waals surface area (Å²) in [5, 5.41) is 12.8. The van der Waals surface area contributed by atoms with Crippen molar-refractivity contribution in [1.29, 1.82) is 5.26 Å². The quantitative estimate of drug-likeness (QED) is 0.816. The van der Waals surface area contributed by atoms with Gasteiger partial charge >= 0.3 is 0 Å². The van der Waals surface area contributed by atoms with Crippen LogP contribution >= 0.6 is 0 Å². The first kappa shape index (κ1) is 15.5. The molecule has 1 fully saturated rings. The second kappa shape index (κ2) is 7.11. The maximum atomic E-state index is 9.41. The molecule has 1 aliphatic rings. The molecule has 0 aromatic heterocycles. The van der Waals surface area contributed by atoms with Crippen LogP contribution in [0.15, 0.2) is 0 Å². The topological polar surface area (TPSA) is 39.1 Å². The van der Waals surface area contributed by atoms with Crippen LogP contribution in [0, 0.1) is 11.3 Å². The second-order valence-corrected chi connectivity index (χ2v) is 6.25. The van der Waals surface area contributed by atoms with E-state index in [0.29, 0.717) is 12.1 Å². The number of nitrogens with zero attached hydrogens (tertiary/aromatic N) is 2. The Hall–Kier alpha value is -0.590. The van der Waals surface area contributed by atoms with Gasteiger partial charge in [0.2, 0.25) is 0 Å². The summed E-state index contributed by atoms with van der Waals surface area (Å²) in [6.45, 7) is 10.9. The lowest BCUT2D eigenvalue weighted by atomic mass is 9.93. The number of nitrogens with one attached hydrogen (secondary N) is 1. The Morgan fingerprint density at radius 1 is 1.17 bits per heavy atom. The molecule has 104 valence electrons. The van der Waals surface area contributed by atoms with Gasteiger partial charge in [-0.15, -0.1) is 0 Å². The van der Waals surface area contributed by atoms with E-state index in [-0.39, 0.29) is 0 Å². The molecule has 0 amide bonds. The van der Waals surface area contributed by atoms with Crippen molar-refractivity contribution in [3.8, 4) is 6.07 Å². The maximum absolute atomic E-state index is 9.41. The monoisotopic (exact) mass is 251 g/mol. The number of hydrogen-bond donors (Lipinski definition) is 1. The molecule has 3 heteroatoms. The lowest BCUT2D eigenvalue weighted by molar-refractivity contribution is 0.179. The minimum atomic E-state index is -0.403. The molecular formula is C15H29N3. The van der Waals surface area contributed by atoms with Crippen LogP contribution < -0.4 is 5.32 Å². The zero-order valence-corrected chi connectivity index (χ0v) is 12.5. The van der Waals surface area contributed by atoms with Crippen molar-refractivity contribution in [2.75, 3.05) is 13.1 Å². The van der Waals surface area contributed by atoms with E-state index in [4.69, 9.17) is 0 Å². The van der Waals surface area contributed by atoms with E-state index in [2.05, 4.69) is 37.1 Å². The molecule has 18 heavy (non-hydrogen) atoms. The van der Waals surface area contributed by atoms with Gasteiger partial charge in [0.25, 0.3) is 0 Å². The Labute approximate surface area is 113 Å².